The lowest BCUT2D eigenvalue weighted by molar-refractivity contribution is -0.137. The highest BCUT2D eigenvalue weighted by atomic mass is 16.3. The predicted octanol–water partition coefficient (Wildman–Crippen LogP) is 0.321. The lowest BCUT2D eigenvalue weighted by Crippen LogP contribution is -2.46. The summed E-state index contributed by atoms with van der Waals surface area (Å²) in [5, 5.41) is 24.4. The van der Waals surface area contributed by atoms with Crippen molar-refractivity contribution < 1.29 is 19.8 Å². The van der Waals surface area contributed by atoms with Crippen molar-refractivity contribution in [2.24, 2.45) is 5.41 Å². The maximum absolute atomic E-state index is 11.8. The lowest BCUT2D eigenvalue weighted by Gasteiger charge is -2.27. The van der Waals surface area contributed by atoms with Gasteiger partial charge in [0.25, 0.3) is 0 Å². The highest BCUT2D eigenvalue weighted by Gasteiger charge is 2.32. The molecular weight excluding hydrogens is 272 g/mol. The molecule has 21 heavy (non-hydrogen) atoms. The highest BCUT2D eigenvalue weighted by Crippen LogP contribution is 2.19. The minimum Gasteiger partial charge on any atom is -0.396 e. The number of aliphatic hydroxyl groups excluding tert-OH is 2. The molecule has 0 unspecified atom stereocenters. The number of hydrogen-bond donors (Lipinski definition) is 4. The van der Waals surface area contributed by atoms with Crippen LogP contribution in [0.1, 0.15) is 52.4 Å². The number of carbonyl (C=O) groups excluding carboxylic acids is 2. The van der Waals surface area contributed by atoms with Crippen LogP contribution in [-0.2, 0) is 9.59 Å². The van der Waals surface area contributed by atoms with Gasteiger partial charge >= 0.3 is 0 Å². The zero-order chi connectivity index (χ0) is 15.9. The summed E-state index contributed by atoms with van der Waals surface area (Å²) >= 11 is 0. The van der Waals surface area contributed by atoms with E-state index in [0.717, 1.165) is 25.7 Å². The van der Waals surface area contributed by atoms with Gasteiger partial charge in [-0.25, -0.2) is 0 Å². The van der Waals surface area contributed by atoms with Crippen molar-refractivity contribution in [2.75, 3.05) is 13.2 Å². The molecule has 122 valence electrons. The Bertz CT molecular complexity index is 352. The van der Waals surface area contributed by atoms with Crippen LogP contribution < -0.4 is 10.6 Å². The van der Waals surface area contributed by atoms with Crippen LogP contribution in [0.5, 0.6) is 0 Å². The summed E-state index contributed by atoms with van der Waals surface area (Å²) in [6, 6.07) is 0.265. The number of nitrogens with one attached hydrogen (secondary N) is 2. The first-order chi connectivity index (χ1) is 9.86. The molecule has 1 saturated carbocycles. The van der Waals surface area contributed by atoms with Crippen molar-refractivity contribution in [3.63, 3.8) is 0 Å². The number of carbonyl (C=O) groups is 2. The van der Waals surface area contributed by atoms with Crippen LogP contribution in [0.2, 0.25) is 0 Å². The zero-order valence-electron chi connectivity index (χ0n) is 13.0. The molecule has 2 amide bonds. The molecule has 1 aliphatic rings. The molecule has 1 atom stereocenters. The van der Waals surface area contributed by atoms with Gasteiger partial charge in [0.05, 0.1) is 6.61 Å². The summed E-state index contributed by atoms with van der Waals surface area (Å²) in [5.74, 6) is -0.627. The second-order valence-electron chi connectivity index (χ2n) is 6.49. The monoisotopic (exact) mass is 300 g/mol. The smallest absolute Gasteiger partial charge is 0.249 e. The highest BCUT2D eigenvalue weighted by molar-refractivity contribution is 5.82. The van der Waals surface area contributed by atoms with Gasteiger partial charge < -0.3 is 20.8 Å². The van der Waals surface area contributed by atoms with Crippen LogP contribution in [0.3, 0.4) is 0 Å². The van der Waals surface area contributed by atoms with Gasteiger partial charge in [0.2, 0.25) is 11.8 Å². The van der Waals surface area contributed by atoms with Crippen LogP contribution in [0.25, 0.3) is 0 Å². The third-order valence-corrected chi connectivity index (χ3v) is 4.02. The van der Waals surface area contributed by atoms with Crippen LogP contribution in [0.15, 0.2) is 0 Å². The van der Waals surface area contributed by atoms with Crippen molar-refractivity contribution in [1.82, 2.24) is 10.6 Å². The summed E-state index contributed by atoms with van der Waals surface area (Å²) in [6.45, 7) is 3.11. The van der Waals surface area contributed by atoms with Gasteiger partial charge in [-0.2, -0.15) is 0 Å². The standard InChI is InChI=1S/C15H28N2O4/c1-15(2,10-18)13(20)14(21)16-9-8-12(19)17-11-6-4-3-5-7-11/h11,13,18,20H,3-10H2,1-2H3,(H,16,21)(H,17,19)/t13-/m0/s1. The Hall–Kier alpha value is -1.14. The minimum atomic E-state index is -1.29. The first kappa shape index (κ1) is 17.9. The van der Waals surface area contributed by atoms with Gasteiger partial charge in [0.15, 0.2) is 0 Å². The van der Waals surface area contributed by atoms with E-state index < -0.39 is 17.4 Å². The molecular formula is C15H28N2O4. The van der Waals surface area contributed by atoms with E-state index >= 15 is 0 Å². The molecule has 1 aliphatic carbocycles. The molecule has 1 fully saturated rings. The van der Waals surface area contributed by atoms with Crippen LogP contribution >= 0.6 is 0 Å². The normalized spacial score (nSPS) is 18.1. The molecule has 0 radical (unpaired) electrons. The summed E-state index contributed by atoms with van der Waals surface area (Å²) < 4.78 is 0. The maximum atomic E-state index is 11.8. The van der Waals surface area contributed by atoms with Gasteiger partial charge in [-0.1, -0.05) is 33.1 Å². The summed E-state index contributed by atoms with van der Waals surface area (Å²) in [4.78, 5) is 23.5. The zero-order valence-corrected chi connectivity index (χ0v) is 13.0. The molecule has 6 heteroatoms. The van der Waals surface area contributed by atoms with Crippen molar-refractivity contribution in [3.8, 4) is 0 Å². The molecule has 0 heterocycles. The molecule has 0 bridgehead atoms. The quantitative estimate of drug-likeness (QED) is 0.544. The summed E-state index contributed by atoms with van der Waals surface area (Å²) in [5.41, 5.74) is -0.894. The average molecular weight is 300 g/mol. The molecule has 0 aliphatic heterocycles. The Morgan fingerprint density at radius 3 is 2.43 bits per heavy atom. The van der Waals surface area contributed by atoms with E-state index in [4.69, 9.17) is 5.11 Å². The first-order valence-electron chi connectivity index (χ1n) is 7.73. The van der Waals surface area contributed by atoms with Crippen molar-refractivity contribution in [3.05, 3.63) is 0 Å². The topological polar surface area (TPSA) is 98.7 Å². The van der Waals surface area contributed by atoms with Crippen molar-refractivity contribution in [2.45, 2.75) is 64.5 Å². The Labute approximate surface area is 126 Å². The SMILES string of the molecule is CC(C)(CO)[C@@H](O)C(=O)NCCC(=O)NC1CCCCC1. The second kappa shape index (κ2) is 8.34. The van der Waals surface area contributed by atoms with E-state index in [2.05, 4.69) is 10.6 Å². The molecule has 0 saturated heterocycles. The fourth-order valence-electron chi connectivity index (χ4n) is 2.38. The van der Waals surface area contributed by atoms with Gasteiger partial charge in [-0.15, -0.1) is 0 Å². The average Bonchev–Trinajstić information content (AvgIpc) is 2.47. The van der Waals surface area contributed by atoms with Gasteiger partial charge in [0, 0.05) is 24.4 Å². The molecule has 4 N–H and O–H groups in total. The number of amides is 2. The number of hydrogen-bond acceptors (Lipinski definition) is 4. The molecule has 0 aromatic carbocycles. The Kier molecular flexibility index (Phi) is 7.11. The van der Waals surface area contributed by atoms with E-state index in [1.807, 2.05) is 0 Å². The lowest BCUT2D eigenvalue weighted by atomic mass is 9.87. The second-order valence-corrected chi connectivity index (χ2v) is 6.49. The van der Waals surface area contributed by atoms with Crippen LogP contribution in [0, 0.1) is 5.41 Å². The number of aliphatic hydroxyl groups is 2. The van der Waals surface area contributed by atoms with Crippen molar-refractivity contribution in [1.29, 1.82) is 0 Å². The van der Waals surface area contributed by atoms with Crippen LogP contribution in [0.4, 0.5) is 0 Å². The van der Waals surface area contributed by atoms with Crippen molar-refractivity contribution >= 4 is 11.8 Å². The predicted molar refractivity (Wildman–Crippen MR) is 79.5 cm³/mol. The van der Waals surface area contributed by atoms with E-state index in [-0.39, 0.29) is 31.5 Å². The molecule has 0 aromatic rings. The Balaban J connectivity index is 2.23. The first-order valence-corrected chi connectivity index (χ1v) is 7.73. The summed E-state index contributed by atoms with van der Waals surface area (Å²) in [6.07, 6.45) is 4.52. The van der Waals surface area contributed by atoms with E-state index in [1.54, 1.807) is 13.8 Å². The fourth-order valence-corrected chi connectivity index (χ4v) is 2.38. The number of rotatable bonds is 7. The maximum Gasteiger partial charge on any atom is 0.249 e. The third-order valence-electron chi connectivity index (χ3n) is 4.02. The fraction of sp³-hybridized carbons (Fsp3) is 0.867. The summed E-state index contributed by atoms with van der Waals surface area (Å²) in [7, 11) is 0. The van der Waals surface area contributed by atoms with Gasteiger partial charge in [-0.05, 0) is 12.8 Å². The van der Waals surface area contributed by atoms with E-state index in [9.17, 15) is 14.7 Å². The largest absolute Gasteiger partial charge is 0.396 e. The minimum absolute atomic E-state index is 0.0712. The van der Waals surface area contributed by atoms with Crippen LogP contribution in [-0.4, -0.2) is 47.3 Å². The van der Waals surface area contributed by atoms with Gasteiger partial charge in [0.1, 0.15) is 6.10 Å². The molecule has 0 aromatic heterocycles. The molecule has 0 spiro atoms. The third kappa shape index (κ3) is 6.01. The molecule has 1 rings (SSSR count). The Morgan fingerprint density at radius 1 is 1.24 bits per heavy atom. The molecule has 6 nitrogen and oxygen atoms in total. The van der Waals surface area contributed by atoms with Gasteiger partial charge in [-0.3, -0.25) is 9.59 Å². The Morgan fingerprint density at radius 2 is 1.86 bits per heavy atom. The van der Waals surface area contributed by atoms with E-state index in [0.29, 0.717) is 0 Å². The van der Waals surface area contributed by atoms with E-state index in [1.165, 1.54) is 6.42 Å².